The zero-order chi connectivity index (χ0) is 18.8. The fraction of sp³-hybridized carbons (Fsp3) is 0.0952. The molecule has 0 spiro atoms. The van der Waals surface area contributed by atoms with Gasteiger partial charge in [0.1, 0.15) is 5.75 Å². The standard InChI is InChI=1S/C21H17ClN2O2S/c1-13-4-2-3-5-18(13)26-12-20(25)24-21-9-8-19(27-21)17-11-14-10-15(22)6-7-16(14)23-17/h2-11,23H,12H2,1H3,(H,24,25). The number of carbonyl (C=O) groups excluding carboxylic acids is 1. The number of hydrogen-bond acceptors (Lipinski definition) is 3. The molecule has 0 aliphatic heterocycles. The summed E-state index contributed by atoms with van der Waals surface area (Å²) < 4.78 is 5.59. The van der Waals surface area contributed by atoms with Gasteiger partial charge in [0.15, 0.2) is 6.61 Å². The van der Waals surface area contributed by atoms with Crippen molar-refractivity contribution in [1.29, 1.82) is 0 Å². The van der Waals surface area contributed by atoms with Crippen molar-refractivity contribution in [2.75, 3.05) is 11.9 Å². The van der Waals surface area contributed by atoms with Crippen LogP contribution >= 0.6 is 22.9 Å². The number of para-hydroxylation sites is 1. The number of fused-ring (bicyclic) bond motifs is 1. The summed E-state index contributed by atoms with van der Waals surface area (Å²) in [5.41, 5.74) is 3.02. The zero-order valence-corrected chi connectivity index (χ0v) is 16.2. The van der Waals surface area contributed by atoms with Gasteiger partial charge in [-0.1, -0.05) is 29.8 Å². The van der Waals surface area contributed by atoms with Crippen LogP contribution in [0.1, 0.15) is 5.56 Å². The van der Waals surface area contributed by atoms with Gasteiger partial charge in [-0.15, -0.1) is 11.3 Å². The number of anilines is 1. The Labute approximate surface area is 165 Å². The van der Waals surface area contributed by atoms with Gasteiger partial charge in [0.25, 0.3) is 5.91 Å². The van der Waals surface area contributed by atoms with Crippen molar-refractivity contribution in [1.82, 2.24) is 4.98 Å². The molecular formula is C21H17ClN2O2S. The maximum Gasteiger partial charge on any atom is 0.262 e. The van der Waals surface area contributed by atoms with Crippen LogP contribution in [0.4, 0.5) is 5.00 Å². The molecule has 2 aromatic heterocycles. The first-order valence-corrected chi connectivity index (χ1v) is 9.65. The lowest BCUT2D eigenvalue weighted by Crippen LogP contribution is -2.19. The molecule has 0 bridgehead atoms. The Hall–Kier alpha value is -2.76. The quantitative estimate of drug-likeness (QED) is 0.442. The Kier molecular flexibility index (Phi) is 4.88. The molecule has 136 valence electrons. The van der Waals surface area contributed by atoms with E-state index < -0.39 is 0 Å². The van der Waals surface area contributed by atoms with Gasteiger partial charge in [0.2, 0.25) is 0 Å². The van der Waals surface area contributed by atoms with Crippen molar-refractivity contribution < 1.29 is 9.53 Å². The van der Waals surface area contributed by atoms with Crippen LogP contribution in [-0.2, 0) is 4.79 Å². The van der Waals surface area contributed by atoms with E-state index in [-0.39, 0.29) is 12.5 Å². The van der Waals surface area contributed by atoms with Crippen LogP contribution in [0.25, 0.3) is 21.5 Å². The van der Waals surface area contributed by atoms with Gasteiger partial charge in [-0.05, 0) is 55.0 Å². The fourth-order valence-electron chi connectivity index (χ4n) is 2.82. The lowest BCUT2D eigenvalue weighted by atomic mass is 10.2. The van der Waals surface area contributed by atoms with Crippen LogP contribution in [0, 0.1) is 6.92 Å². The molecular weight excluding hydrogens is 380 g/mol. The Morgan fingerprint density at radius 3 is 2.85 bits per heavy atom. The van der Waals surface area contributed by atoms with E-state index >= 15 is 0 Å². The minimum Gasteiger partial charge on any atom is -0.483 e. The van der Waals surface area contributed by atoms with Crippen LogP contribution in [0.3, 0.4) is 0 Å². The van der Waals surface area contributed by atoms with E-state index in [1.807, 2.05) is 61.5 Å². The summed E-state index contributed by atoms with van der Waals surface area (Å²) in [7, 11) is 0. The third kappa shape index (κ3) is 3.99. The van der Waals surface area contributed by atoms with Crippen LogP contribution < -0.4 is 10.1 Å². The molecule has 0 fully saturated rings. The molecule has 0 saturated heterocycles. The van der Waals surface area contributed by atoms with Gasteiger partial charge >= 0.3 is 0 Å². The van der Waals surface area contributed by atoms with Crippen molar-refractivity contribution in [3.05, 3.63) is 71.2 Å². The van der Waals surface area contributed by atoms with Gasteiger partial charge in [0.05, 0.1) is 15.6 Å². The largest absolute Gasteiger partial charge is 0.483 e. The highest BCUT2D eigenvalue weighted by Gasteiger charge is 2.10. The highest BCUT2D eigenvalue weighted by molar-refractivity contribution is 7.19. The van der Waals surface area contributed by atoms with Crippen LogP contribution in [0.2, 0.25) is 5.02 Å². The monoisotopic (exact) mass is 396 g/mol. The third-order valence-corrected chi connectivity index (χ3v) is 5.44. The van der Waals surface area contributed by atoms with Crippen molar-refractivity contribution in [3.63, 3.8) is 0 Å². The zero-order valence-electron chi connectivity index (χ0n) is 14.6. The summed E-state index contributed by atoms with van der Waals surface area (Å²) >= 11 is 7.56. The second-order valence-electron chi connectivity index (χ2n) is 6.18. The molecule has 0 radical (unpaired) electrons. The first-order chi connectivity index (χ1) is 13.1. The predicted molar refractivity (Wildman–Crippen MR) is 112 cm³/mol. The van der Waals surface area contributed by atoms with E-state index in [0.29, 0.717) is 5.02 Å². The number of thiophene rings is 1. The average molecular weight is 397 g/mol. The molecule has 0 aliphatic rings. The summed E-state index contributed by atoms with van der Waals surface area (Å²) in [5, 5.41) is 5.43. The summed E-state index contributed by atoms with van der Waals surface area (Å²) in [6, 6.07) is 19.3. The topological polar surface area (TPSA) is 54.1 Å². The summed E-state index contributed by atoms with van der Waals surface area (Å²) in [5.74, 6) is 0.534. The molecule has 6 heteroatoms. The van der Waals surface area contributed by atoms with Gasteiger partial charge in [0, 0.05) is 15.9 Å². The molecule has 2 aromatic carbocycles. The number of aryl methyl sites for hydroxylation is 1. The second-order valence-corrected chi connectivity index (χ2v) is 7.70. The van der Waals surface area contributed by atoms with Crippen LogP contribution in [-0.4, -0.2) is 17.5 Å². The minimum absolute atomic E-state index is 0.0248. The lowest BCUT2D eigenvalue weighted by Gasteiger charge is -2.08. The lowest BCUT2D eigenvalue weighted by molar-refractivity contribution is -0.118. The molecule has 2 heterocycles. The predicted octanol–water partition coefficient (Wildman–Crippen LogP) is 5.88. The molecule has 27 heavy (non-hydrogen) atoms. The van der Waals surface area contributed by atoms with E-state index in [2.05, 4.69) is 16.4 Å². The van der Waals surface area contributed by atoms with Gasteiger partial charge in [-0.25, -0.2) is 0 Å². The molecule has 2 N–H and O–H groups in total. The smallest absolute Gasteiger partial charge is 0.262 e. The van der Waals surface area contributed by atoms with Gasteiger partial charge < -0.3 is 15.0 Å². The van der Waals surface area contributed by atoms with E-state index in [0.717, 1.165) is 37.8 Å². The number of nitrogens with one attached hydrogen (secondary N) is 2. The van der Waals surface area contributed by atoms with Crippen LogP contribution in [0.15, 0.2) is 60.7 Å². The molecule has 4 nitrogen and oxygen atoms in total. The van der Waals surface area contributed by atoms with Crippen LogP contribution in [0.5, 0.6) is 5.75 Å². The molecule has 4 rings (SSSR count). The molecule has 0 aliphatic carbocycles. The molecule has 1 amide bonds. The van der Waals surface area contributed by atoms with E-state index in [4.69, 9.17) is 16.3 Å². The number of ether oxygens (including phenoxy) is 1. The first-order valence-electron chi connectivity index (χ1n) is 8.45. The number of carbonyl (C=O) groups is 1. The van der Waals surface area contributed by atoms with E-state index in [1.165, 1.54) is 11.3 Å². The number of benzene rings is 2. The Bertz CT molecular complexity index is 1120. The maximum atomic E-state index is 12.2. The molecule has 0 saturated carbocycles. The number of amides is 1. The maximum absolute atomic E-state index is 12.2. The second kappa shape index (κ2) is 7.47. The van der Waals surface area contributed by atoms with Crippen molar-refractivity contribution in [2.24, 2.45) is 0 Å². The molecule has 4 aromatic rings. The Morgan fingerprint density at radius 2 is 2.00 bits per heavy atom. The highest BCUT2D eigenvalue weighted by Crippen LogP contribution is 2.33. The average Bonchev–Trinajstić information content (AvgIpc) is 3.27. The van der Waals surface area contributed by atoms with Crippen molar-refractivity contribution in [2.45, 2.75) is 6.92 Å². The minimum atomic E-state index is -0.185. The van der Waals surface area contributed by atoms with Gasteiger partial charge in [-0.2, -0.15) is 0 Å². The van der Waals surface area contributed by atoms with E-state index in [1.54, 1.807) is 0 Å². The number of halogens is 1. The first kappa shape index (κ1) is 17.6. The molecule has 0 atom stereocenters. The van der Waals surface area contributed by atoms with Crippen molar-refractivity contribution in [3.8, 4) is 16.3 Å². The number of aromatic nitrogens is 1. The summed E-state index contributed by atoms with van der Waals surface area (Å²) in [6.07, 6.45) is 0. The Balaban J connectivity index is 1.42. The highest BCUT2D eigenvalue weighted by atomic mass is 35.5. The molecule has 0 unspecified atom stereocenters. The number of rotatable bonds is 5. The SMILES string of the molecule is Cc1ccccc1OCC(=O)Nc1ccc(-c2cc3cc(Cl)ccc3[nH]2)s1. The number of aromatic amines is 1. The van der Waals surface area contributed by atoms with Gasteiger partial charge in [-0.3, -0.25) is 4.79 Å². The Morgan fingerprint density at radius 1 is 1.15 bits per heavy atom. The third-order valence-electron chi connectivity index (χ3n) is 4.17. The normalized spacial score (nSPS) is 10.9. The number of H-pyrrole nitrogens is 1. The van der Waals surface area contributed by atoms with Crippen molar-refractivity contribution >= 4 is 44.7 Å². The number of hydrogen-bond donors (Lipinski definition) is 2. The summed E-state index contributed by atoms with van der Waals surface area (Å²) in [4.78, 5) is 16.6. The fourth-order valence-corrected chi connectivity index (χ4v) is 3.90. The van der Waals surface area contributed by atoms with E-state index in [9.17, 15) is 4.79 Å². The summed E-state index contributed by atoms with van der Waals surface area (Å²) in [6.45, 7) is 1.93.